The van der Waals surface area contributed by atoms with Crippen molar-refractivity contribution in [1.29, 1.82) is 0 Å². The third-order valence-electron chi connectivity index (χ3n) is 4.26. The molecule has 0 bridgehead atoms. The minimum absolute atomic E-state index is 0.0351. The molecular formula is C20H14Cl2FN5O2S. The Morgan fingerprint density at radius 1 is 1.13 bits per heavy atom. The maximum absolute atomic E-state index is 13.9. The number of anilines is 1. The van der Waals surface area contributed by atoms with Crippen molar-refractivity contribution < 1.29 is 9.18 Å². The number of rotatable bonds is 6. The van der Waals surface area contributed by atoms with E-state index in [1.54, 1.807) is 12.1 Å². The molecule has 0 fully saturated rings. The van der Waals surface area contributed by atoms with Crippen molar-refractivity contribution in [2.45, 2.75) is 17.3 Å². The molecule has 2 heterocycles. The summed E-state index contributed by atoms with van der Waals surface area (Å²) >= 11 is 13.0. The molecule has 0 radical (unpaired) electrons. The molecule has 0 unspecified atom stereocenters. The molecular weight excluding hydrogens is 464 g/mol. The second-order valence-corrected chi connectivity index (χ2v) is 8.29. The van der Waals surface area contributed by atoms with Gasteiger partial charge in [-0.1, -0.05) is 47.1 Å². The van der Waals surface area contributed by atoms with Gasteiger partial charge in [-0.25, -0.2) is 23.3 Å². The van der Waals surface area contributed by atoms with Gasteiger partial charge in [0.05, 0.1) is 5.69 Å². The van der Waals surface area contributed by atoms with E-state index in [0.29, 0.717) is 21.4 Å². The van der Waals surface area contributed by atoms with Crippen LogP contribution in [0.2, 0.25) is 10.0 Å². The molecule has 4 aromatic rings. The monoisotopic (exact) mass is 477 g/mol. The van der Waals surface area contributed by atoms with E-state index >= 15 is 0 Å². The van der Waals surface area contributed by atoms with E-state index in [2.05, 4.69) is 15.4 Å². The Balaban J connectivity index is 1.53. The lowest BCUT2D eigenvalue weighted by Crippen LogP contribution is -2.28. The summed E-state index contributed by atoms with van der Waals surface area (Å²) < 4.78 is 16.2. The van der Waals surface area contributed by atoms with Crippen LogP contribution in [0.15, 0.2) is 64.7 Å². The number of nitrogens with one attached hydrogen (secondary N) is 1. The fourth-order valence-corrected chi connectivity index (χ4v) is 3.96. The first-order chi connectivity index (χ1) is 14.9. The largest absolute Gasteiger partial charge is 0.350 e. The second kappa shape index (κ2) is 9.09. The van der Waals surface area contributed by atoms with Gasteiger partial charge in [0.15, 0.2) is 5.65 Å². The van der Waals surface area contributed by atoms with Gasteiger partial charge in [-0.3, -0.25) is 4.79 Å². The fourth-order valence-electron chi connectivity index (χ4n) is 2.78. The Kier molecular flexibility index (Phi) is 6.26. The average Bonchev–Trinajstić information content (AvgIpc) is 3.06. The molecule has 1 N–H and O–H groups in total. The van der Waals surface area contributed by atoms with Gasteiger partial charge in [0.2, 0.25) is 5.91 Å². The molecule has 2 aromatic heterocycles. The van der Waals surface area contributed by atoms with E-state index in [9.17, 15) is 14.0 Å². The Bertz CT molecular complexity index is 1320. The number of halogens is 3. The highest BCUT2D eigenvalue weighted by atomic mass is 35.5. The maximum atomic E-state index is 13.9. The number of carbonyl (C=O) groups excluding carboxylic acids is 1. The number of amides is 1. The van der Waals surface area contributed by atoms with Gasteiger partial charge in [0.1, 0.15) is 17.4 Å². The molecule has 0 spiro atoms. The highest BCUT2D eigenvalue weighted by molar-refractivity contribution is 7.98. The molecule has 4 rings (SSSR count). The molecule has 2 aromatic carbocycles. The molecule has 11 heteroatoms. The van der Waals surface area contributed by atoms with Gasteiger partial charge < -0.3 is 5.32 Å². The van der Waals surface area contributed by atoms with Crippen molar-refractivity contribution >= 4 is 52.2 Å². The van der Waals surface area contributed by atoms with Gasteiger partial charge in [-0.2, -0.15) is 0 Å². The van der Waals surface area contributed by atoms with E-state index in [1.165, 1.54) is 40.7 Å². The summed E-state index contributed by atoms with van der Waals surface area (Å²) in [6.07, 6.45) is 2.97. The zero-order chi connectivity index (χ0) is 22.0. The molecule has 0 aliphatic carbocycles. The topological polar surface area (TPSA) is 81.3 Å². The smallest absolute Gasteiger partial charge is 0.322 e. The molecule has 158 valence electrons. The first kappa shape index (κ1) is 21.4. The van der Waals surface area contributed by atoms with E-state index in [4.69, 9.17) is 23.2 Å². The molecule has 0 saturated heterocycles. The lowest BCUT2D eigenvalue weighted by molar-refractivity contribution is -0.117. The number of hydrogen-bond donors (Lipinski definition) is 1. The average molecular weight is 478 g/mol. The quantitative estimate of drug-likeness (QED) is 0.419. The molecule has 1 amide bonds. The summed E-state index contributed by atoms with van der Waals surface area (Å²) in [5, 5.41) is 8.05. The van der Waals surface area contributed by atoms with E-state index in [-0.39, 0.29) is 17.3 Å². The zero-order valence-corrected chi connectivity index (χ0v) is 18.1. The van der Waals surface area contributed by atoms with Crippen LogP contribution in [-0.2, 0) is 17.1 Å². The first-order valence-electron chi connectivity index (χ1n) is 8.97. The van der Waals surface area contributed by atoms with Crippen molar-refractivity contribution in [2.24, 2.45) is 0 Å². The van der Waals surface area contributed by atoms with Crippen LogP contribution in [0.3, 0.4) is 0 Å². The van der Waals surface area contributed by atoms with Gasteiger partial charge in [-0.15, -0.1) is 5.10 Å². The predicted molar refractivity (Wildman–Crippen MR) is 118 cm³/mol. The fraction of sp³-hybridized carbons (Fsp3) is 0.100. The summed E-state index contributed by atoms with van der Waals surface area (Å²) in [7, 11) is 0. The van der Waals surface area contributed by atoms with Gasteiger partial charge in [0.25, 0.3) is 0 Å². The summed E-state index contributed by atoms with van der Waals surface area (Å²) in [5.41, 5.74) is 0.825. The normalized spacial score (nSPS) is 11.1. The Morgan fingerprint density at radius 2 is 1.87 bits per heavy atom. The lowest BCUT2D eigenvalue weighted by atomic mass is 10.2. The first-order valence-corrected chi connectivity index (χ1v) is 10.7. The Hall–Kier alpha value is -2.88. The van der Waals surface area contributed by atoms with Gasteiger partial charge in [-0.05, 0) is 35.9 Å². The Morgan fingerprint density at radius 3 is 2.61 bits per heavy atom. The third kappa shape index (κ3) is 4.90. The van der Waals surface area contributed by atoms with Crippen molar-refractivity contribution in [1.82, 2.24) is 19.2 Å². The van der Waals surface area contributed by atoms with Crippen molar-refractivity contribution in [3.63, 3.8) is 0 Å². The summed E-state index contributed by atoms with van der Waals surface area (Å²) in [6.45, 7) is -0.385. The van der Waals surface area contributed by atoms with Crippen LogP contribution in [0.1, 0.15) is 5.56 Å². The lowest BCUT2D eigenvalue weighted by Gasteiger charge is -2.06. The van der Waals surface area contributed by atoms with Crippen LogP contribution < -0.4 is 11.0 Å². The Labute approximate surface area is 189 Å². The minimum Gasteiger partial charge on any atom is -0.322 e. The van der Waals surface area contributed by atoms with Crippen LogP contribution in [0.4, 0.5) is 10.1 Å². The zero-order valence-electron chi connectivity index (χ0n) is 15.8. The van der Waals surface area contributed by atoms with E-state index in [1.807, 2.05) is 12.1 Å². The van der Waals surface area contributed by atoms with Crippen LogP contribution in [-0.4, -0.2) is 25.1 Å². The van der Waals surface area contributed by atoms with Crippen molar-refractivity contribution in [3.8, 4) is 0 Å². The SMILES string of the molecule is O=C(Cn1nc2c(SCc3ccc(Cl)cc3)nccn2c1=O)Nc1ccc(Cl)cc1F. The molecule has 0 atom stereocenters. The minimum atomic E-state index is -0.673. The highest BCUT2D eigenvalue weighted by Crippen LogP contribution is 2.24. The summed E-state index contributed by atoms with van der Waals surface area (Å²) in [6, 6.07) is 11.3. The van der Waals surface area contributed by atoms with Crippen molar-refractivity contribution in [2.75, 3.05) is 5.32 Å². The second-order valence-electron chi connectivity index (χ2n) is 6.45. The maximum Gasteiger partial charge on any atom is 0.350 e. The number of carbonyl (C=O) groups is 1. The number of benzene rings is 2. The molecule has 7 nitrogen and oxygen atoms in total. The van der Waals surface area contributed by atoms with Gasteiger partial charge in [0, 0.05) is 28.2 Å². The number of aromatic nitrogens is 4. The van der Waals surface area contributed by atoms with Crippen LogP contribution in [0.25, 0.3) is 5.65 Å². The standard InChI is InChI=1S/C20H14Cl2FN5O2S/c21-13-3-1-12(2-4-13)11-31-19-18-26-28(20(30)27(18)8-7-24-19)10-17(29)25-16-6-5-14(22)9-15(16)23/h1-9H,10-11H2,(H,25,29). The van der Waals surface area contributed by atoms with Crippen LogP contribution >= 0.6 is 35.0 Å². The van der Waals surface area contributed by atoms with E-state index in [0.717, 1.165) is 16.3 Å². The van der Waals surface area contributed by atoms with Crippen molar-refractivity contribution in [3.05, 3.63) is 86.8 Å². The number of nitrogens with zero attached hydrogens (tertiary/aromatic N) is 4. The predicted octanol–water partition coefficient (Wildman–Crippen LogP) is 4.27. The third-order valence-corrected chi connectivity index (χ3v) is 5.78. The molecule has 0 saturated carbocycles. The highest BCUT2D eigenvalue weighted by Gasteiger charge is 2.15. The molecule has 31 heavy (non-hydrogen) atoms. The van der Waals surface area contributed by atoms with E-state index < -0.39 is 17.4 Å². The van der Waals surface area contributed by atoms with Crippen LogP contribution in [0.5, 0.6) is 0 Å². The number of hydrogen-bond acceptors (Lipinski definition) is 5. The van der Waals surface area contributed by atoms with Gasteiger partial charge >= 0.3 is 5.69 Å². The summed E-state index contributed by atoms with van der Waals surface area (Å²) in [4.78, 5) is 29.3. The molecule has 0 aliphatic rings. The number of fused-ring (bicyclic) bond motifs is 1. The summed E-state index contributed by atoms with van der Waals surface area (Å²) in [5.74, 6) is -0.676. The van der Waals surface area contributed by atoms with Crippen LogP contribution in [0, 0.1) is 5.82 Å². The number of thioether (sulfide) groups is 1. The molecule has 0 aliphatic heterocycles.